The highest BCUT2D eigenvalue weighted by Crippen LogP contribution is 2.28. The Hall–Kier alpha value is -2.12. The second-order valence-electron chi connectivity index (χ2n) is 5.52. The topological polar surface area (TPSA) is 64.3 Å². The fraction of sp³-hybridized carbons (Fsp3) is 0.375. The van der Waals surface area contributed by atoms with Gasteiger partial charge in [0.15, 0.2) is 0 Å². The summed E-state index contributed by atoms with van der Waals surface area (Å²) in [6.07, 6.45) is 3.17. The van der Waals surface area contributed by atoms with E-state index in [0.29, 0.717) is 18.7 Å². The molecule has 0 unspecified atom stereocenters. The molecule has 1 heterocycles. The molecule has 0 aliphatic carbocycles. The molecule has 0 radical (unpaired) electrons. The van der Waals surface area contributed by atoms with E-state index >= 15 is 0 Å². The lowest BCUT2D eigenvalue weighted by molar-refractivity contribution is -0.158. The van der Waals surface area contributed by atoms with Crippen LogP contribution in [0.3, 0.4) is 0 Å². The lowest BCUT2D eigenvalue weighted by Gasteiger charge is -2.48. The quantitative estimate of drug-likeness (QED) is 0.852. The minimum atomic E-state index is -0.746. The molecule has 0 spiro atoms. The average molecular weight is 270 g/mol. The molecule has 0 saturated carbocycles. The summed E-state index contributed by atoms with van der Waals surface area (Å²) < 4.78 is 0. The van der Waals surface area contributed by atoms with Gasteiger partial charge in [0.05, 0.1) is 24.7 Å². The molecule has 1 amide bonds. The van der Waals surface area contributed by atoms with E-state index in [-0.39, 0.29) is 11.8 Å². The van der Waals surface area contributed by atoms with Crippen molar-refractivity contribution in [3.63, 3.8) is 0 Å². The van der Waals surface area contributed by atoms with Gasteiger partial charge in [-0.1, -0.05) is 26.0 Å². The molecule has 1 aliphatic rings. The largest absolute Gasteiger partial charge is 0.386 e. The zero-order valence-corrected chi connectivity index (χ0v) is 11.7. The minimum Gasteiger partial charge on any atom is -0.386 e. The molecular weight excluding hydrogens is 252 g/mol. The Morgan fingerprint density at radius 2 is 2.20 bits per heavy atom. The van der Waals surface area contributed by atoms with Crippen LogP contribution in [0, 0.1) is 17.2 Å². The van der Waals surface area contributed by atoms with Crippen LogP contribution in [-0.2, 0) is 4.79 Å². The summed E-state index contributed by atoms with van der Waals surface area (Å²) in [4.78, 5) is 13.5. The van der Waals surface area contributed by atoms with Gasteiger partial charge in [0.2, 0.25) is 5.91 Å². The van der Waals surface area contributed by atoms with Gasteiger partial charge >= 0.3 is 0 Å². The average Bonchev–Trinajstić information content (AvgIpc) is 2.41. The maximum Gasteiger partial charge on any atom is 0.246 e. The van der Waals surface area contributed by atoms with Crippen LogP contribution in [0.1, 0.15) is 25.0 Å². The van der Waals surface area contributed by atoms with Crippen LogP contribution in [0.25, 0.3) is 6.08 Å². The second kappa shape index (κ2) is 5.48. The van der Waals surface area contributed by atoms with Gasteiger partial charge in [0.25, 0.3) is 0 Å². The summed E-state index contributed by atoms with van der Waals surface area (Å²) in [7, 11) is 0. The molecule has 4 heteroatoms. The standard InChI is InChI=1S/C16H18N2O2/c1-12(2)16(20)10-18(11-16)15(19)7-6-13-4-3-5-14(8-13)9-17/h3-8,12,20H,10-11H2,1-2H3. The normalized spacial score (nSPS) is 17.1. The maximum absolute atomic E-state index is 11.9. The number of carbonyl (C=O) groups excluding carboxylic acids is 1. The van der Waals surface area contributed by atoms with Crippen molar-refractivity contribution < 1.29 is 9.90 Å². The predicted octanol–water partition coefficient (Wildman–Crippen LogP) is 1.80. The molecule has 1 N–H and O–H groups in total. The van der Waals surface area contributed by atoms with Crippen LogP contribution in [0.2, 0.25) is 0 Å². The van der Waals surface area contributed by atoms with Gasteiger partial charge in [-0.05, 0) is 29.7 Å². The van der Waals surface area contributed by atoms with Crippen molar-refractivity contribution >= 4 is 12.0 Å². The number of hydrogen-bond acceptors (Lipinski definition) is 3. The third kappa shape index (κ3) is 2.89. The molecular formula is C16H18N2O2. The lowest BCUT2D eigenvalue weighted by atomic mass is 9.83. The van der Waals surface area contributed by atoms with E-state index in [4.69, 9.17) is 5.26 Å². The minimum absolute atomic E-state index is 0.113. The van der Waals surface area contributed by atoms with Crippen molar-refractivity contribution in [2.45, 2.75) is 19.4 Å². The Labute approximate surface area is 118 Å². The van der Waals surface area contributed by atoms with Crippen molar-refractivity contribution in [3.05, 3.63) is 41.5 Å². The third-order valence-corrected chi connectivity index (χ3v) is 3.75. The number of benzene rings is 1. The highest BCUT2D eigenvalue weighted by atomic mass is 16.3. The Bertz CT molecular complexity index is 578. The number of rotatable bonds is 3. The second-order valence-corrected chi connectivity index (χ2v) is 5.52. The van der Waals surface area contributed by atoms with Crippen LogP contribution in [0.5, 0.6) is 0 Å². The Morgan fingerprint density at radius 1 is 1.50 bits per heavy atom. The number of amides is 1. The number of nitrogens with zero attached hydrogens (tertiary/aromatic N) is 2. The Morgan fingerprint density at radius 3 is 2.80 bits per heavy atom. The Balaban J connectivity index is 1.96. The van der Waals surface area contributed by atoms with Crippen molar-refractivity contribution in [3.8, 4) is 6.07 Å². The van der Waals surface area contributed by atoms with Gasteiger partial charge in [0, 0.05) is 6.08 Å². The van der Waals surface area contributed by atoms with E-state index in [0.717, 1.165) is 5.56 Å². The van der Waals surface area contributed by atoms with Gasteiger partial charge in [-0.3, -0.25) is 4.79 Å². The monoisotopic (exact) mass is 270 g/mol. The first-order chi connectivity index (χ1) is 9.44. The number of nitriles is 1. The van der Waals surface area contributed by atoms with E-state index < -0.39 is 5.60 Å². The van der Waals surface area contributed by atoms with Crippen molar-refractivity contribution in [2.24, 2.45) is 5.92 Å². The zero-order chi connectivity index (χ0) is 14.8. The molecule has 1 saturated heterocycles. The fourth-order valence-corrected chi connectivity index (χ4v) is 2.12. The predicted molar refractivity (Wildman–Crippen MR) is 76.6 cm³/mol. The highest BCUT2D eigenvalue weighted by Gasteiger charge is 2.45. The Kier molecular flexibility index (Phi) is 3.91. The van der Waals surface area contributed by atoms with Crippen molar-refractivity contribution in [1.29, 1.82) is 5.26 Å². The molecule has 1 aromatic rings. The van der Waals surface area contributed by atoms with E-state index in [2.05, 4.69) is 6.07 Å². The molecule has 0 atom stereocenters. The molecule has 0 aromatic heterocycles. The summed E-state index contributed by atoms with van der Waals surface area (Å²) in [6.45, 7) is 4.66. The van der Waals surface area contributed by atoms with Crippen molar-refractivity contribution in [2.75, 3.05) is 13.1 Å². The number of hydrogen-bond donors (Lipinski definition) is 1. The number of likely N-dealkylation sites (tertiary alicyclic amines) is 1. The zero-order valence-electron chi connectivity index (χ0n) is 11.7. The molecule has 2 rings (SSSR count). The van der Waals surface area contributed by atoms with Crippen LogP contribution >= 0.6 is 0 Å². The molecule has 4 nitrogen and oxygen atoms in total. The van der Waals surface area contributed by atoms with Crippen LogP contribution < -0.4 is 0 Å². The first kappa shape index (κ1) is 14.3. The van der Waals surface area contributed by atoms with Gasteiger partial charge in [-0.15, -0.1) is 0 Å². The van der Waals surface area contributed by atoms with E-state index in [9.17, 15) is 9.90 Å². The summed E-state index contributed by atoms with van der Waals surface area (Å²) >= 11 is 0. The summed E-state index contributed by atoms with van der Waals surface area (Å²) in [6, 6.07) is 9.13. The van der Waals surface area contributed by atoms with Gasteiger partial charge in [-0.25, -0.2) is 0 Å². The maximum atomic E-state index is 11.9. The van der Waals surface area contributed by atoms with Gasteiger partial charge < -0.3 is 10.0 Å². The first-order valence-electron chi connectivity index (χ1n) is 6.64. The molecule has 0 bridgehead atoms. The van der Waals surface area contributed by atoms with Crippen LogP contribution in [0.4, 0.5) is 0 Å². The first-order valence-corrected chi connectivity index (χ1v) is 6.64. The van der Waals surface area contributed by atoms with Crippen LogP contribution in [0.15, 0.2) is 30.3 Å². The number of β-amino-alcohol motifs (C(OH)–C–C–N with tert-alkyl or cyclic N) is 1. The molecule has 20 heavy (non-hydrogen) atoms. The lowest BCUT2D eigenvalue weighted by Crippen LogP contribution is -2.65. The third-order valence-electron chi connectivity index (χ3n) is 3.75. The summed E-state index contributed by atoms with van der Waals surface area (Å²) in [5, 5.41) is 18.9. The summed E-state index contributed by atoms with van der Waals surface area (Å²) in [5.41, 5.74) is 0.638. The summed E-state index contributed by atoms with van der Waals surface area (Å²) in [5.74, 6) is 0.0283. The number of aliphatic hydroxyl groups is 1. The van der Waals surface area contributed by atoms with Crippen LogP contribution in [-0.4, -0.2) is 34.6 Å². The SMILES string of the molecule is CC(C)C1(O)CN(C(=O)C=Cc2cccc(C#N)c2)C1. The van der Waals surface area contributed by atoms with E-state index in [1.807, 2.05) is 19.9 Å². The van der Waals surface area contributed by atoms with Crippen molar-refractivity contribution in [1.82, 2.24) is 4.90 Å². The van der Waals surface area contributed by atoms with Gasteiger partial charge in [-0.2, -0.15) is 5.26 Å². The smallest absolute Gasteiger partial charge is 0.246 e. The highest BCUT2D eigenvalue weighted by molar-refractivity contribution is 5.92. The number of carbonyl (C=O) groups is 1. The fourth-order valence-electron chi connectivity index (χ4n) is 2.12. The molecule has 1 aromatic carbocycles. The molecule has 104 valence electrons. The van der Waals surface area contributed by atoms with E-state index in [1.165, 1.54) is 6.08 Å². The molecule has 1 fully saturated rings. The molecule has 1 aliphatic heterocycles. The van der Waals surface area contributed by atoms with Gasteiger partial charge in [0.1, 0.15) is 5.60 Å². The van der Waals surface area contributed by atoms with E-state index in [1.54, 1.807) is 29.2 Å².